The normalized spacial score (nSPS) is 15.4. The number of allylic oxidation sites excluding steroid dienone is 6. The van der Waals surface area contributed by atoms with Gasteiger partial charge in [0.05, 0.1) is 56.6 Å². The Kier molecular flexibility index (Phi) is 12.5. The third-order valence-electron chi connectivity index (χ3n) is 9.09. The van der Waals surface area contributed by atoms with Crippen LogP contribution in [0.1, 0.15) is 44.4 Å². The molecule has 1 aliphatic carbocycles. The molecule has 0 atom stereocenters. The Bertz CT molecular complexity index is 2580. The van der Waals surface area contributed by atoms with Crippen molar-refractivity contribution in [3.05, 3.63) is 175 Å². The lowest BCUT2D eigenvalue weighted by Crippen LogP contribution is -2.29. The van der Waals surface area contributed by atoms with Gasteiger partial charge in [0.1, 0.15) is 28.6 Å². The molecule has 4 aromatic carbocycles. The first-order valence-corrected chi connectivity index (χ1v) is 20.2. The Labute approximate surface area is 357 Å². The summed E-state index contributed by atoms with van der Waals surface area (Å²) in [6.07, 6.45) is 6.69. The van der Waals surface area contributed by atoms with Gasteiger partial charge in [-0.05, 0) is 108 Å². The number of carbonyl (C=O) groups is 1. The van der Waals surface area contributed by atoms with Crippen molar-refractivity contribution in [2.24, 2.45) is 11.8 Å². The van der Waals surface area contributed by atoms with Gasteiger partial charge in [0, 0.05) is 16.7 Å². The molecule has 5 aromatic rings. The first kappa shape index (κ1) is 40.9. The second-order valence-electron chi connectivity index (χ2n) is 14.7. The molecule has 1 aliphatic heterocycles. The number of halogens is 4. The van der Waals surface area contributed by atoms with Gasteiger partial charge < -0.3 is 19.3 Å². The summed E-state index contributed by atoms with van der Waals surface area (Å²) in [6, 6.07) is 29.0. The maximum absolute atomic E-state index is 13.9. The molecule has 10 heteroatoms. The van der Waals surface area contributed by atoms with E-state index in [0.717, 1.165) is 0 Å². The van der Waals surface area contributed by atoms with Gasteiger partial charge in [0.15, 0.2) is 5.78 Å². The molecular formula is C48H38Cl4O6. The van der Waals surface area contributed by atoms with Gasteiger partial charge in [-0.25, -0.2) is 4.42 Å². The minimum atomic E-state index is -0.400. The first-order valence-electron chi connectivity index (χ1n) is 18.7. The number of benzene rings is 4. The summed E-state index contributed by atoms with van der Waals surface area (Å²) in [5, 5.41) is 15.4. The van der Waals surface area contributed by atoms with E-state index in [1.165, 1.54) is 0 Å². The lowest BCUT2D eigenvalue weighted by atomic mass is 9.85. The fourth-order valence-electron chi connectivity index (χ4n) is 6.19. The average molecular weight is 853 g/mol. The zero-order valence-electron chi connectivity index (χ0n) is 32.1. The molecule has 58 heavy (non-hydrogen) atoms. The van der Waals surface area contributed by atoms with Crippen molar-refractivity contribution in [1.82, 2.24) is 0 Å². The van der Waals surface area contributed by atoms with Crippen LogP contribution in [0.3, 0.4) is 0 Å². The molecule has 0 N–H and O–H groups in total. The van der Waals surface area contributed by atoms with E-state index in [9.17, 15) is 9.90 Å². The molecule has 0 unspecified atom stereocenters. The number of Topliss-reactive ketones (excluding diaryl/α,β-unsaturated/α-hetero) is 1. The second-order valence-corrected chi connectivity index (χ2v) is 16.3. The summed E-state index contributed by atoms with van der Waals surface area (Å²) in [7, 11) is 0. The van der Waals surface area contributed by atoms with Crippen LogP contribution in [0.25, 0.3) is 40.2 Å². The van der Waals surface area contributed by atoms with E-state index in [4.69, 9.17) is 65.0 Å². The Morgan fingerprint density at radius 1 is 0.655 bits per heavy atom. The zero-order chi connectivity index (χ0) is 41.1. The van der Waals surface area contributed by atoms with Crippen molar-refractivity contribution in [3.8, 4) is 34.1 Å². The van der Waals surface area contributed by atoms with E-state index in [-0.39, 0.29) is 11.1 Å². The molecule has 0 radical (unpaired) electrons. The van der Waals surface area contributed by atoms with Gasteiger partial charge >= 0.3 is 11.5 Å². The Balaban J connectivity index is 1.30. The Hall–Kier alpha value is -5.24. The predicted molar refractivity (Wildman–Crippen MR) is 233 cm³/mol. The zero-order valence-corrected chi connectivity index (χ0v) is 35.1. The van der Waals surface area contributed by atoms with E-state index in [1.54, 1.807) is 72.8 Å². The molecule has 6 nitrogen and oxygen atoms in total. The number of para-hydroxylation sites is 2. The maximum Gasteiger partial charge on any atom is 0.365 e. The van der Waals surface area contributed by atoms with Crippen molar-refractivity contribution in [1.29, 1.82) is 0 Å². The number of hydrogen-bond acceptors (Lipinski definition) is 5. The number of carbonyl (C=O) groups excluding carboxylic acids is 1. The van der Waals surface area contributed by atoms with Crippen LogP contribution in [0.15, 0.2) is 142 Å². The summed E-state index contributed by atoms with van der Waals surface area (Å²) in [4.78, 5) is 13.9. The molecule has 0 saturated heterocycles. The molecule has 0 saturated carbocycles. The van der Waals surface area contributed by atoms with Crippen molar-refractivity contribution < 1.29 is 28.5 Å². The third kappa shape index (κ3) is 9.22. The Morgan fingerprint density at radius 2 is 1.21 bits per heavy atom. The van der Waals surface area contributed by atoms with Crippen LogP contribution in [0, 0.1) is 11.8 Å². The topological polar surface area (TPSA) is 79.1 Å². The van der Waals surface area contributed by atoms with E-state index in [1.807, 2.05) is 48.5 Å². The van der Waals surface area contributed by atoms with E-state index < -0.39 is 11.5 Å². The van der Waals surface area contributed by atoms with Crippen LogP contribution in [0.2, 0.25) is 20.1 Å². The lowest BCUT2D eigenvalue weighted by molar-refractivity contribution is -0.300. The van der Waals surface area contributed by atoms with Gasteiger partial charge in [-0.15, -0.1) is 0 Å². The molecule has 2 aliphatic rings. The van der Waals surface area contributed by atoms with Crippen LogP contribution in [-0.2, 0) is 9.53 Å². The molecule has 0 fully saturated rings. The molecule has 1 aromatic heterocycles. The lowest BCUT2D eigenvalue weighted by Gasteiger charge is -2.29. The molecule has 0 spiro atoms. The number of rotatable bonds is 12. The van der Waals surface area contributed by atoms with Crippen molar-refractivity contribution in [2.75, 3.05) is 13.2 Å². The molecular weight excluding hydrogens is 814 g/mol. The predicted octanol–water partition coefficient (Wildman–Crippen LogP) is 13.2. The van der Waals surface area contributed by atoms with Crippen molar-refractivity contribution in [2.45, 2.75) is 27.7 Å². The molecule has 0 amide bonds. The fraction of sp³-hybridized carbons (Fsp3) is 0.167. The van der Waals surface area contributed by atoms with Crippen LogP contribution in [-0.4, -0.2) is 19.0 Å². The molecule has 2 heterocycles. The largest absolute Gasteiger partial charge is 0.871 e. The third-order valence-corrected chi connectivity index (χ3v) is 10.6. The van der Waals surface area contributed by atoms with Gasteiger partial charge in [-0.1, -0.05) is 104 Å². The number of ether oxygens (including phenoxy) is 3. The summed E-state index contributed by atoms with van der Waals surface area (Å²) in [5.41, 5.74) is 3.92. The quantitative estimate of drug-likeness (QED) is 0.0919. The first-order chi connectivity index (χ1) is 27.8. The summed E-state index contributed by atoms with van der Waals surface area (Å²) in [5.74, 6) is 2.90. The van der Waals surface area contributed by atoms with E-state index in [2.05, 4.69) is 27.7 Å². The van der Waals surface area contributed by atoms with Crippen LogP contribution >= 0.6 is 46.4 Å². The molecule has 294 valence electrons. The highest BCUT2D eigenvalue weighted by molar-refractivity contribution is 6.42. The van der Waals surface area contributed by atoms with E-state index in [0.29, 0.717) is 113 Å². The van der Waals surface area contributed by atoms with Crippen LogP contribution < -0.4 is 14.6 Å². The minimum Gasteiger partial charge on any atom is -0.871 e. The van der Waals surface area contributed by atoms with Crippen molar-refractivity contribution in [3.63, 3.8) is 0 Å². The van der Waals surface area contributed by atoms with Crippen LogP contribution in [0.4, 0.5) is 0 Å². The van der Waals surface area contributed by atoms with E-state index >= 15 is 0 Å². The highest BCUT2D eigenvalue weighted by atomic mass is 35.5. The van der Waals surface area contributed by atoms with Gasteiger partial charge in [-0.3, -0.25) is 4.79 Å². The summed E-state index contributed by atoms with van der Waals surface area (Å²) in [6.45, 7) is 9.29. The number of ketones is 1. The highest BCUT2D eigenvalue weighted by Gasteiger charge is 2.29. The second kappa shape index (κ2) is 17.7. The SMILES string of the molecule is CC(C)COc1ccccc1C1=CC(=CC2=C([O-])C(=Cc3cc(-c4ccc(Cl)c(Cl)c4)[o+]c(-c4ccccc4OCC(C)C)c3)C2=O)C=C(c2ccc(Cl)c(Cl)c2)O1. The molecule has 0 bridgehead atoms. The average Bonchev–Trinajstić information content (AvgIpc) is 3.22. The van der Waals surface area contributed by atoms with Gasteiger partial charge in [0.2, 0.25) is 0 Å². The minimum absolute atomic E-state index is 0.0332. The fourth-order valence-corrected chi connectivity index (χ4v) is 6.79. The van der Waals surface area contributed by atoms with Gasteiger partial charge in [-0.2, -0.15) is 0 Å². The highest BCUT2D eigenvalue weighted by Crippen LogP contribution is 2.41. The smallest absolute Gasteiger partial charge is 0.365 e. The standard InChI is InChI=1S/C48H38Cl4O6/c1-27(2)25-55-41-11-7-5-9-33(41)45-21-29(19-43(57-45)31-13-15-37(49)39(51)23-31)17-35-47(53)36(48(35)54)18-30-20-44(32-14-16-38(50)40(52)24-32)58-46(22-30)34-10-6-8-12-42(34)56-26-28(3)4/h5-24,27-28H,25-26H2,1-4H3. The maximum atomic E-state index is 13.9. The summed E-state index contributed by atoms with van der Waals surface area (Å²) >= 11 is 25.3. The summed E-state index contributed by atoms with van der Waals surface area (Å²) < 4.78 is 25.2. The molecule has 7 rings (SSSR count). The monoisotopic (exact) mass is 850 g/mol. The van der Waals surface area contributed by atoms with Crippen LogP contribution in [0.5, 0.6) is 11.5 Å². The Morgan fingerprint density at radius 3 is 1.83 bits per heavy atom. The van der Waals surface area contributed by atoms with Crippen molar-refractivity contribution >= 4 is 69.8 Å². The number of hydrogen-bond donors (Lipinski definition) is 0. The van der Waals surface area contributed by atoms with Gasteiger partial charge in [0.25, 0.3) is 0 Å².